The van der Waals surface area contributed by atoms with Crippen LogP contribution in [0.1, 0.15) is 37.6 Å². The van der Waals surface area contributed by atoms with E-state index in [1.165, 1.54) is 6.07 Å². The number of hydrogen-bond acceptors (Lipinski definition) is 2. The number of rotatable bonds is 3. The van der Waals surface area contributed by atoms with E-state index in [4.69, 9.17) is 0 Å². The maximum Gasteiger partial charge on any atom is 0.336 e. The second kappa shape index (κ2) is 5.12. The number of carboxylic acid groups (broad SMARTS) is 1. The molecule has 0 atom stereocenters. The van der Waals surface area contributed by atoms with Gasteiger partial charge in [0.15, 0.2) is 0 Å². The Kier molecular flexibility index (Phi) is 3.66. The first-order valence-corrected chi connectivity index (χ1v) is 6.65. The quantitative estimate of drug-likeness (QED) is 0.934. The number of carboxylic acids is 1. The number of hydrogen-bond donors (Lipinski definition) is 1. The van der Waals surface area contributed by atoms with Gasteiger partial charge in [-0.1, -0.05) is 39.0 Å². The number of benzene rings is 1. The van der Waals surface area contributed by atoms with Gasteiger partial charge in [-0.3, -0.25) is 4.79 Å². The molecular weight excluding hydrogens is 254 g/mol. The van der Waals surface area contributed by atoms with Crippen LogP contribution in [0.25, 0.3) is 10.9 Å². The van der Waals surface area contributed by atoms with Crippen molar-refractivity contribution in [2.45, 2.75) is 33.7 Å². The number of aromatic nitrogens is 1. The number of para-hydroxylation sites is 1. The molecule has 0 bridgehead atoms. The summed E-state index contributed by atoms with van der Waals surface area (Å²) in [5.74, 6) is -1.07. The van der Waals surface area contributed by atoms with Gasteiger partial charge < -0.3 is 9.67 Å². The van der Waals surface area contributed by atoms with Crippen LogP contribution in [0.4, 0.5) is 0 Å². The highest BCUT2D eigenvalue weighted by Gasteiger charge is 2.15. The molecule has 4 nitrogen and oxygen atoms in total. The van der Waals surface area contributed by atoms with Crippen molar-refractivity contribution >= 4 is 16.9 Å². The molecule has 4 heteroatoms. The van der Waals surface area contributed by atoms with E-state index >= 15 is 0 Å². The number of nitrogens with zero attached hydrogens (tertiary/aromatic N) is 1. The molecule has 1 aromatic heterocycles. The van der Waals surface area contributed by atoms with Crippen LogP contribution in [0.15, 0.2) is 35.1 Å². The van der Waals surface area contributed by atoms with E-state index in [2.05, 4.69) is 20.8 Å². The Bertz CT molecular complexity index is 708. The molecule has 1 N–H and O–H groups in total. The third-order valence-electron chi connectivity index (χ3n) is 3.33. The zero-order valence-corrected chi connectivity index (χ0v) is 12.0. The van der Waals surface area contributed by atoms with Crippen molar-refractivity contribution in [2.75, 3.05) is 0 Å². The van der Waals surface area contributed by atoms with Crippen molar-refractivity contribution < 1.29 is 9.90 Å². The lowest BCUT2D eigenvalue weighted by atomic mass is 9.92. The minimum absolute atomic E-state index is 0.0672. The van der Waals surface area contributed by atoms with E-state index in [1.54, 1.807) is 22.8 Å². The highest BCUT2D eigenvalue weighted by atomic mass is 16.4. The average molecular weight is 273 g/mol. The Morgan fingerprint density at radius 1 is 1.25 bits per heavy atom. The standard InChI is InChI=1S/C16H19NO3/c1-16(2,3)8-9-17-13-7-5-4-6-11(13)12(15(19)20)10-14(17)18/h4-7,10H,8-9H2,1-3H3,(H,19,20). The molecule has 0 spiro atoms. The van der Waals surface area contributed by atoms with E-state index in [1.807, 2.05) is 6.07 Å². The summed E-state index contributed by atoms with van der Waals surface area (Å²) in [7, 11) is 0. The van der Waals surface area contributed by atoms with E-state index < -0.39 is 5.97 Å². The fraction of sp³-hybridized carbons (Fsp3) is 0.375. The molecule has 0 radical (unpaired) electrons. The van der Waals surface area contributed by atoms with Gasteiger partial charge >= 0.3 is 5.97 Å². The van der Waals surface area contributed by atoms with Crippen LogP contribution >= 0.6 is 0 Å². The first-order chi connectivity index (χ1) is 9.29. The summed E-state index contributed by atoms with van der Waals surface area (Å²) in [6.07, 6.45) is 0.851. The van der Waals surface area contributed by atoms with Crippen molar-refractivity contribution in [1.29, 1.82) is 0 Å². The maximum atomic E-state index is 12.2. The van der Waals surface area contributed by atoms with Crippen molar-refractivity contribution in [3.63, 3.8) is 0 Å². The van der Waals surface area contributed by atoms with Crippen LogP contribution in [-0.2, 0) is 6.54 Å². The number of carbonyl (C=O) groups is 1. The molecule has 20 heavy (non-hydrogen) atoms. The zero-order chi connectivity index (χ0) is 14.9. The normalized spacial score (nSPS) is 11.8. The van der Waals surface area contributed by atoms with E-state index in [9.17, 15) is 14.7 Å². The second-order valence-electron chi connectivity index (χ2n) is 6.18. The lowest BCUT2D eigenvalue weighted by Gasteiger charge is -2.20. The molecule has 0 saturated carbocycles. The lowest BCUT2D eigenvalue weighted by Crippen LogP contribution is -2.24. The van der Waals surface area contributed by atoms with Gasteiger partial charge in [-0.15, -0.1) is 0 Å². The molecule has 1 heterocycles. The molecule has 2 rings (SSSR count). The van der Waals surface area contributed by atoms with E-state index in [-0.39, 0.29) is 16.5 Å². The molecule has 0 aliphatic carbocycles. The molecule has 0 unspecified atom stereocenters. The van der Waals surface area contributed by atoms with Gasteiger partial charge in [0.2, 0.25) is 0 Å². The van der Waals surface area contributed by atoms with Crippen LogP contribution in [0.5, 0.6) is 0 Å². The van der Waals surface area contributed by atoms with Crippen LogP contribution in [-0.4, -0.2) is 15.6 Å². The number of aryl methyl sites for hydroxylation is 1. The topological polar surface area (TPSA) is 59.3 Å². The summed E-state index contributed by atoms with van der Waals surface area (Å²) in [6, 6.07) is 8.36. The zero-order valence-electron chi connectivity index (χ0n) is 12.0. The predicted octanol–water partition coefficient (Wildman–Crippen LogP) is 3.14. The van der Waals surface area contributed by atoms with Crippen LogP contribution in [0, 0.1) is 5.41 Å². The summed E-state index contributed by atoms with van der Waals surface area (Å²) < 4.78 is 1.66. The molecule has 0 fully saturated rings. The van der Waals surface area contributed by atoms with Crippen LogP contribution in [0.2, 0.25) is 0 Å². The summed E-state index contributed by atoms with van der Waals surface area (Å²) in [5, 5.41) is 9.81. The summed E-state index contributed by atoms with van der Waals surface area (Å²) in [5.41, 5.74) is 0.607. The first kappa shape index (κ1) is 14.3. The fourth-order valence-corrected chi connectivity index (χ4v) is 2.19. The van der Waals surface area contributed by atoms with E-state index in [0.717, 1.165) is 6.42 Å². The predicted molar refractivity (Wildman–Crippen MR) is 79.2 cm³/mol. The first-order valence-electron chi connectivity index (χ1n) is 6.65. The molecule has 0 saturated heterocycles. The van der Waals surface area contributed by atoms with Crippen molar-refractivity contribution in [2.24, 2.45) is 5.41 Å². The molecule has 106 valence electrons. The van der Waals surface area contributed by atoms with Gasteiger partial charge in [0, 0.05) is 18.0 Å². The Balaban J connectivity index is 2.61. The molecule has 0 amide bonds. The molecule has 1 aromatic carbocycles. The average Bonchev–Trinajstić information content (AvgIpc) is 2.35. The van der Waals surface area contributed by atoms with Gasteiger partial charge in [-0.05, 0) is 17.9 Å². The monoisotopic (exact) mass is 273 g/mol. The van der Waals surface area contributed by atoms with Crippen molar-refractivity contribution in [3.05, 3.63) is 46.2 Å². The van der Waals surface area contributed by atoms with Gasteiger partial charge in [-0.2, -0.15) is 0 Å². The van der Waals surface area contributed by atoms with Crippen molar-refractivity contribution in [1.82, 2.24) is 4.57 Å². The van der Waals surface area contributed by atoms with Gasteiger partial charge in [0.05, 0.1) is 11.1 Å². The smallest absolute Gasteiger partial charge is 0.336 e. The Labute approximate surface area is 117 Å². The number of fused-ring (bicyclic) bond motifs is 1. The Morgan fingerprint density at radius 2 is 1.90 bits per heavy atom. The van der Waals surface area contributed by atoms with Crippen molar-refractivity contribution in [3.8, 4) is 0 Å². The lowest BCUT2D eigenvalue weighted by molar-refractivity contribution is 0.0698. The number of aromatic carboxylic acids is 1. The fourth-order valence-electron chi connectivity index (χ4n) is 2.19. The second-order valence-corrected chi connectivity index (χ2v) is 6.18. The van der Waals surface area contributed by atoms with Crippen LogP contribution in [0.3, 0.4) is 0 Å². The third kappa shape index (κ3) is 2.90. The molecule has 0 aliphatic rings. The third-order valence-corrected chi connectivity index (χ3v) is 3.33. The highest BCUT2D eigenvalue weighted by Crippen LogP contribution is 2.22. The molecule has 2 aromatic rings. The van der Waals surface area contributed by atoms with Gasteiger partial charge in [0.1, 0.15) is 0 Å². The SMILES string of the molecule is CC(C)(C)CCn1c(=O)cc(C(=O)O)c2ccccc21. The Morgan fingerprint density at radius 3 is 2.50 bits per heavy atom. The Hall–Kier alpha value is -2.10. The van der Waals surface area contributed by atoms with Gasteiger partial charge in [-0.25, -0.2) is 4.79 Å². The maximum absolute atomic E-state index is 12.2. The van der Waals surface area contributed by atoms with Crippen LogP contribution < -0.4 is 5.56 Å². The largest absolute Gasteiger partial charge is 0.478 e. The minimum atomic E-state index is -1.07. The molecular formula is C16H19NO3. The number of pyridine rings is 1. The summed E-state index contributed by atoms with van der Waals surface area (Å²) in [4.78, 5) is 23.4. The van der Waals surface area contributed by atoms with E-state index in [0.29, 0.717) is 17.4 Å². The van der Waals surface area contributed by atoms with Gasteiger partial charge in [0.25, 0.3) is 5.56 Å². The molecule has 0 aliphatic heterocycles. The summed E-state index contributed by atoms with van der Waals surface area (Å²) >= 11 is 0. The minimum Gasteiger partial charge on any atom is -0.478 e. The highest BCUT2D eigenvalue weighted by molar-refractivity contribution is 6.02. The summed E-state index contributed by atoms with van der Waals surface area (Å²) in [6.45, 7) is 6.94.